The summed E-state index contributed by atoms with van der Waals surface area (Å²) in [6.07, 6.45) is 0.925. The van der Waals surface area contributed by atoms with E-state index in [-0.39, 0.29) is 6.10 Å². The zero-order valence-electron chi connectivity index (χ0n) is 7.65. The second kappa shape index (κ2) is 11.7. The van der Waals surface area contributed by atoms with Crippen molar-refractivity contribution in [3.63, 3.8) is 0 Å². The largest absolute Gasteiger partial charge is 0.392 e. The Morgan fingerprint density at radius 3 is 2.20 bits per heavy atom. The van der Waals surface area contributed by atoms with Crippen molar-refractivity contribution in [3.8, 4) is 0 Å². The third kappa shape index (κ3) is 15.7. The van der Waals surface area contributed by atoms with Crippen LogP contribution in [0, 0.1) is 0 Å². The van der Waals surface area contributed by atoms with E-state index in [0.717, 1.165) is 13.0 Å². The molecule has 0 bridgehead atoms. The average Bonchev–Trinajstić information content (AvgIpc) is 1.92. The summed E-state index contributed by atoms with van der Waals surface area (Å²) in [6, 6.07) is 0. The molecule has 0 saturated carbocycles. The van der Waals surface area contributed by atoms with Gasteiger partial charge in [-0.05, 0) is 19.9 Å². The maximum Gasteiger partial charge on any atom is 0.0636 e. The van der Waals surface area contributed by atoms with Crippen LogP contribution < -0.4 is 5.32 Å². The fourth-order valence-corrected chi connectivity index (χ4v) is 0.488. The Morgan fingerprint density at radius 2 is 1.90 bits per heavy atom. The van der Waals surface area contributed by atoms with Crippen LogP contribution in [0.1, 0.15) is 34.1 Å². The van der Waals surface area contributed by atoms with Crippen LogP contribution in [0.4, 0.5) is 0 Å². The fourth-order valence-electron chi connectivity index (χ4n) is 0.488. The Balaban J connectivity index is 0. The molecule has 0 heterocycles. The third-order valence-corrected chi connectivity index (χ3v) is 0.867. The molecule has 1 unspecified atom stereocenters. The highest BCUT2D eigenvalue weighted by molar-refractivity contribution is 4.50. The number of aliphatic hydroxyl groups is 1. The SMILES string of the molecule is CC.CCCNCC(C)O. The minimum atomic E-state index is -0.207. The standard InChI is InChI=1S/C6H15NO.C2H6/c1-3-4-7-5-6(2)8;1-2/h6-8H,3-5H2,1-2H3;1-2H3. The molecular formula is C8H21NO. The molecule has 0 aromatic carbocycles. The highest BCUT2D eigenvalue weighted by Gasteiger charge is 1.90. The van der Waals surface area contributed by atoms with Gasteiger partial charge in [-0.25, -0.2) is 0 Å². The number of hydrogen-bond donors (Lipinski definition) is 2. The van der Waals surface area contributed by atoms with Crippen LogP contribution in [0.25, 0.3) is 0 Å². The molecule has 0 amide bonds. The third-order valence-electron chi connectivity index (χ3n) is 0.867. The van der Waals surface area contributed by atoms with Crippen LogP contribution in [0.3, 0.4) is 0 Å². The highest BCUT2D eigenvalue weighted by Crippen LogP contribution is 1.75. The van der Waals surface area contributed by atoms with Gasteiger partial charge < -0.3 is 10.4 Å². The van der Waals surface area contributed by atoms with Crippen molar-refractivity contribution >= 4 is 0 Å². The van der Waals surface area contributed by atoms with Gasteiger partial charge in [0.2, 0.25) is 0 Å². The van der Waals surface area contributed by atoms with Crippen molar-refractivity contribution in [2.24, 2.45) is 0 Å². The van der Waals surface area contributed by atoms with Crippen LogP contribution >= 0.6 is 0 Å². The first-order valence-electron chi connectivity index (χ1n) is 4.16. The lowest BCUT2D eigenvalue weighted by molar-refractivity contribution is 0.191. The first-order chi connectivity index (χ1) is 4.77. The molecule has 2 heteroatoms. The second-order valence-electron chi connectivity index (χ2n) is 2.05. The van der Waals surface area contributed by atoms with E-state index in [1.54, 1.807) is 6.92 Å². The summed E-state index contributed by atoms with van der Waals surface area (Å²) in [5, 5.41) is 11.8. The van der Waals surface area contributed by atoms with Crippen LogP contribution in [-0.4, -0.2) is 24.3 Å². The van der Waals surface area contributed by atoms with Gasteiger partial charge in [0.1, 0.15) is 0 Å². The van der Waals surface area contributed by atoms with Crippen molar-refractivity contribution in [1.29, 1.82) is 0 Å². The smallest absolute Gasteiger partial charge is 0.0636 e. The summed E-state index contributed by atoms with van der Waals surface area (Å²) in [6.45, 7) is 9.61. The minimum Gasteiger partial charge on any atom is -0.392 e. The van der Waals surface area contributed by atoms with E-state index in [4.69, 9.17) is 5.11 Å². The first kappa shape index (κ1) is 12.6. The van der Waals surface area contributed by atoms with Crippen molar-refractivity contribution in [3.05, 3.63) is 0 Å². The molecular weight excluding hydrogens is 126 g/mol. The van der Waals surface area contributed by atoms with Crippen LogP contribution in [0.5, 0.6) is 0 Å². The topological polar surface area (TPSA) is 32.3 Å². The van der Waals surface area contributed by atoms with E-state index in [2.05, 4.69) is 12.2 Å². The quantitative estimate of drug-likeness (QED) is 0.589. The number of nitrogens with one attached hydrogen (secondary N) is 1. The highest BCUT2D eigenvalue weighted by atomic mass is 16.3. The zero-order chi connectivity index (χ0) is 8.41. The van der Waals surface area contributed by atoms with Crippen LogP contribution in [0.2, 0.25) is 0 Å². The first-order valence-corrected chi connectivity index (χ1v) is 4.16. The van der Waals surface area contributed by atoms with E-state index in [1.807, 2.05) is 13.8 Å². The van der Waals surface area contributed by atoms with E-state index < -0.39 is 0 Å². The summed E-state index contributed by atoms with van der Waals surface area (Å²) in [5.74, 6) is 0. The van der Waals surface area contributed by atoms with Crippen LogP contribution in [-0.2, 0) is 0 Å². The summed E-state index contributed by atoms with van der Waals surface area (Å²) in [5.41, 5.74) is 0. The van der Waals surface area contributed by atoms with Gasteiger partial charge in [-0.1, -0.05) is 20.8 Å². The van der Waals surface area contributed by atoms with Crippen molar-refractivity contribution in [2.45, 2.75) is 40.2 Å². The lowest BCUT2D eigenvalue weighted by atomic mass is 10.4. The zero-order valence-corrected chi connectivity index (χ0v) is 7.65. The van der Waals surface area contributed by atoms with Crippen LogP contribution in [0.15, 0.2) is 0 Å². The Bertz CT molecular complexity index is 46.5. The molecule has 0 radical (unpaired) electrons. The van der Waals surface area contributed by atoms with Gasteiger partial charge in [-0.3, -0.25) is 0 Å². The predicted octanol–water partition coefficient (Wildman–Crippen LogP) is 1.39. The van der Waals surface area contributed by atoms with Gasteiger partial charge in [0.25, 0.3) is 0 Å². The molecule has 0 aromatic rings. The van der Waals surface area contributed by atoms with Gasteiger partial charge in [-0.15, -0.1) is 0 Å². The summed E-state index contributed by atoms with van der Waals surface area (Å²) in [7, 11) is 0. The van der Waals surface area contributed by atoms with Gasteiger partial charge >= 0.3 is 0 Å². The Kier molecular flexibility index (Phi) is 14.7. The monoisotopic (exact) mass is 147 g/mol. The molecule has 0 aromatic heterocycles. The fraction of sp³-hybridized carbons (Fsp3) is 1.00. The molecule has 2 N–H and O–H groups in total. The predicted molar refractivity (Wildman–Crippen MR) is 46.2 cm³/mol. The average molecular weight is 147 g/mol. The molecule has 10 heavy (non-hydrogen) atoms. The molecule has 2 nitrogen and oxygen atoms in total. The molecule has 0 aliphatic rings. The molecule has 0 rings (SSSR count). The molecule has 64 valence electrons. The molecule has 0 fully saturated rings. The normalized spacial score (nSPS) is 11.7. The minimum absolute atomic E-state index is 0.207. The summed E-state index contributed by atoms with van der Waals surface area (Å²) >= 11 is 0. The number of rotatable bonds is 4. The second-order valence-corrected chi connectivity index (χ2v) is 2.05. The molecule has 0 spiro atoms. The number of aliphatic hydroxyl groups excluding tert-OH is 1. The number of hydrogen-bond acceptors (Lipinski definition) is 2. The molecule has 0 saturated heterocycles. The Morgan fingerprint density at radius 1 is 1.40 bits per heavy atom. The van der Waals surface area contributed by atoms with Crippen molar-refractivity contribution in [2.75, 3.05) is 13.1 Å². The van der Waals surface area contributed by atoms with Crippen molar-refractivity contribution in [1.82, 2.24) is 5.32 Å². The van der Waals surface area contributed by atoms with Gasteiger partial charge in [0, 0.05) is 6.54 Å². The summed E-state index contributed by atoms with van der Waals surface area (Å²) < 4.78 is 0. The lowest BCUT2D eigenvalue weighted by Gasteiger charge is -2.03. The molecule has 0 aliphatic carbocycles. The van der Waals surface area contributed by atoms with E-state index in [9.17, 15) is 0 Å². The van der Waals surface area contributed by atoms with Gasteiger partial charge in [0.15, 0.2) is 0 Å². The molecule has 0 aliphatic heterocycles. The Hall–Kier alpha value is -0.0800. The van der Waals surface area contributed by atoms with Gasteiger partial charge in [0.05, 0.1) is 6.10 Å². The van der Waals surface area contributed by atoms with Gasteiger partial charge in [-0.2, -0.15) is 0 Å². The van der Waals surface area contributed by atoms with Crippen molar-refractivity contribution < 1.29 is 5.11 Å². The lowest BCUT2D eigenvalue weighted by Crippen LogP contribution is -2.24. The Labute approximate surface area is 64.6 Å². The molecule has 1 atom stereocenters. The maximum atomic E-state index is 8.72. The van der Waals surface area contributed by atoms with E-state index in [1.165, 1.54) is 0 Å². The maximum absolute atomic E-state index is 8.72. The summed E-state index contributed by atoms with van der Waals surface area (Å²) in [4.78, 5) is 0. The van der Waals surface area contributed by atoms with E-state index >= 15 is 0 Å². The van der Waals surface area contributed by atoms with E-state index in [0.29, 0.717) is 6.54 Å².